The first kappa shape index (κ1) is 21.8. The molecule has 0 atom stereocenters. The predicted octanol–water partition coefficient (Wildman–Crippen LogP) is -0.848. The first-order valence-electron chi connectivity index (χ1n) is 8.51. The Balaban J connectivity index is 3.52. The summed E-state index contributed by atoms with van der Waals surface area (Å²) in [6, 6.07) is 0. The van der Waals surface area contributed by atoms with Crippen LogP contribution in [-0.2, 0) is 0 Å². The number of rotatable bonds is 15. The summed E-state index contributed by atoms with van der Waals surface area (Å²) in [7, 11) is 12.9. The Bertz CT molecular complexity index is 237. The third kappa shape index (κ3) is 14.7. The summed E-state index contributed by atoms with van der Waals surface area (Å²) in [5.41, 5.74) is 0. The molecule has 0 amide bonds. The number of hydrogen-bond donors (Lipinski definition) is 2. The van der Waals surface area contributed by atoms with Gasteiger partial charge in [-0.2, -0.15) is 0 Å². The molecule has 0 aliphatic carbocycles. The van der Waals surface area contributed by atoms with E-state index in [0.29, 0.717) is 0 Å². The highest BCUT2D eigenvalue weighted by Gasteiger charge is 2.04. The molecule has 0 spiro atoms. The molecule has 0 bridgehead atoms. The fraction of sp³-hybridized carbons (Fsp3) is 1.00. The molecule has 22 heavy (non-hydrogen) atoms. The van der Waals surface area contributed by atoms with Gasteiger partial charge in [0.15, 0.2) is 0 Å². The third-order valence-corrected chi connectivity index (χ3v) is 3.88. The van der Waals surface area contributed by atoms with E-state index < -0.39 is 0 Å². The van der Waals surface area contributed by atoms with Crippen molar-refractivity contribution in [2.24, 2.45) is 0 Å². The van der Waals surface area contributed by atoms with E-state index >= 15 is 0 Å². The van der Waals surface area contributed by atoms with Gasteiger partial charge in [0.05, 0.1) is 0 Å². The third-order valence-electron chi connectivity index (χ3n) is 3.88. The highest BCUT2D eigenvalue weighted by Crippen LogP contribution is 1.90. The molecule has 0 aromatic heterocycles. The first-order valence-corrected chi connectivity index (χ1v) is 8.51. The zero-order valence-electron chi connectivity index (χ0n) is 15.9. The zero-order chi connectivity index (χ0) is 16.8. The molecular formula is C16H40N6. The topological polar surface area (TPSA) is 37.0 Å². The molecule has 0 saturated carbocycles. The Kier molecular flexibility index (Phi) is 14.2. The van der Waals surface area contributed by atoms with E-state index in [4.69, 9.17) is 0 Å². The van der Waals surface area contributed by atoms with Gasteiger partial charge in [-0.1, -0.05) is 0 Å². The van der Waals surface area contributed by atoms with Crippen molar-refractivity contribution in [1.82, 2.24) is 30.2 Å². The van der Waals surface area contributed by atoms with Crippen LogP contribution in [0, 0.1) is 0 Å². The first-order chi connectivity index (χ1) is 10.5. The summed E-state index contributed by atoms with van der Waals surface area (Å²) in [6.45, 7) is 11.1. The summed E-state index contributed by atoms with van der Waals surface area (Å²) < 4.78 is 0. The van der Waals surface area contributed by atoms with Crippen molar-refractivity contribution >= 4 is 0 Å². The predicted molar refractivity (Wildman–Crippen MR) is 97.8 cm³/mol. The van der Waals surface area contributed by atoms with E-state index in [0.717, 1.165) is 65.4 Å². The van der Waals surface area contributed by atoms with Gasteiger partial charge in [-0.05, 0) is 42.3 Å². The van der Waals surface area contributed by atoms with Crippen molar-refractivity contribution in [3.05, 3.63) is 0 Å². The number of hydrogen-bond acceptors (Lipinski definition) is 6. The van der Waals surface area contributed by atoms with Crippen LogP contribution in [0.2, 0.25) is 0 Å². The average molecular weight is 317 g/mol. The molecule has 6 nitrogen and oxygen atoms in total. The fourth-order valence-corrected chi connectivity index (χ4v) is 2.00. The van der Waals surface area contributed by atoms with Crippen molar-refractivity contribution in [3.63, 3.8) is 0 Å². The monoisotopic (exact) mass is 316 g/mol. The van der Waals surface area contributed by atoms with Gasteiger partial charge in [-0.3, -0.25) is 0 Å². The molecule has 134 valence electrons. The zero-order valence-corrected chi connectivity index (χ0v) is 15.9. The summed E-state index contributed by atoms with van der Waals surface area (Å²) in [4.78, 5) is 9.47. The maximum Gasteiger partial charge on any atom is 0.0107 e. The van der Waals surface area contributed by atoms with Crippen molar-refractivity contribution < 1.29 is 0 Å². The quantitative estimate of drug-likeness (QED) is 0.384. The van der Waals surface area contributed by atoms with Gasteiger partial charge in [-0.25, -0.2) is 0 Å². The lowest BCUT2D eigenvalue weighted by Gasteiger charge is -2.25. The van der Waals surface area contributed by atoms with Crippen LogP contribution in [0.3, 0.4) is 0 Å². The molecule has 0 heterocycles. The van der Waals surface area contributed by atoms with Crippen LogP contribution >= 0.6 is 0 Å². The van der Waals surface area contributed by atoms with Crippen LogP contribution in [0.25, 0.3) is 0 Å². The van der Waals surface area contributed by atoms with Gasteiger partial charge in [-0.15, -0.1) is 0 Å². The van der Waals surface area contributed by atoms with Crippen LogP contribution < -0.4 is 10.6 Å². The highest BCUT2D eigenvalue weighted by molar-refractivity contribution is 4.62. The van der Waals surface area contributed by atoms with Crippen molar-refractivity contribution in [1.29, 1.82) is 0 Å². The van der Waals surface area contributed by atoms with Crippen LogP contribution in [0.1, 0.15) is 0 Å². The Morgan fingerprint density at radius 3 is 1.45 bits per heavy atom. The van der Waals surface area contributed by atoms with Gasteiger partial charge in [0.1, 0.15) is 0 Å². The van der Waals surface area contributed by atoms with Crippen LogP contribution in [-0.4, -0.2) is 127 Å². The summed E-state index contributed by atoms with van der Waals surface area (Å²) >= 11 is 0. The fourth-order valence-electron chi connectivity index (χ4n) is 2.00. The van der Waals surface area contributed by atoms with Crippen LogP contribution in [0.4, 0.5) is 0 Å². The Hall–Kier alpha value is -0.240. The Morgan fingerprint density at radius 2 is 1.00 bits per heavy atom. The molecule has 0 unspecified atom stereocenters. The lowest BCUT2D eigenvalue weighted by Crippen LogP contribution is -2.39. The Morgan fingerprint density at radius 1 is 0.545 bits per heavy atom. The van der Waals surface area contributed by atoms with Crippen molar-refractivity contribution in [2.75, 3.05) is 108 Å². The van der Waals surface area contributed by atoms with Gasteiger partial charge in [0.2, 0.25) is 0 Å². The molecule has 0 aliphatic heterocycles. The van der Waals surface area contributed by atoms with Gasteiger partial charge in [0, 0.05) is 65.4 Å². The molecule has 0 aliphatic rings. The standard InChI is InChI=1S/C16H40N6/c1-17-7-8-18-9-10-20(4)13-14-22(6)16-15-21(5)12-11-19(2)3/h17-18H,7-16H2,1-6H3. The van der Waals surface area contributed by atoms with E-state index in [-0.39, 0.29) is 0 Å². The molecule has 0 saturated heterocycles. The highest BCUT2D eigenvalue weighted by atomic mass is 15.2. The molecular weight excluding hydrogens is 276 g/mol. The molecule has 2 N–H and O–H groups in total. The van der Waals surface area contributed by atoms with Gasteiger partial charge in [0.25, 0.3) is 0 Å². The van der Waals surface area contributed by atoms with E-state index in [2.05, 4.69) is 65.5 Å². The maximum atomic E-state index is 3.44. The Labute approximate surface area is 138 Å². The molecule has 0 aromatic rings. The average Bonchev–Trinajstić information content (AvgIpc) is 2.48. The molecule has 6 heteroatoms. The molecule has 0 radical (unpaired) electrons. The second kappa shape index (κ2) is 14.4. The normalized spacial score (nSPS) is 12.3. The minimum atomic E-state index is 1.04. The minimum absolute atomic E-state index is 1.04. The number of nitrogens with zero attached hydrogens (tertiary/aromatic N) is 4. The second-order valence-corrected chi connectivity index (χ2v) is 6.57. The largest absolute Gasteiger partial charge is 0.318 e. The van der Waals surface area contributed by atoms with E-state index in [1.165, 1.54) is 0 Å². The number of nitrogens with one attached hydrogen (secondary N) is 2. The van der Waals surface area contributed by atoms with E-state index in [1.807, 2.05) is 7.05 Å². The van der Waals surface area contributed by atoms with Gasteiger partial charge >= 0.3 is 0 Å². The lowest BCUT2D eigenvalue weighted by molar-refractivity contribution is 0.217. The van der Waals surface area contributed by atoms with Crippen molar-refractivity contribution in [3.8, 4) is 0 Å². The molecule has 0 fully saturated rings. The van der Waals surface area contributed by atoms with E-state index in [1.54, 1.807) is 0 Å². The lowest BCUT2D eigenvalue weighted by atomic mass is 10.4. The maximum absolute atomic E-state index is 3.44. The smallest absolute Gasteiger partial charge is 0.0107 e. The van der Waals surface area contributed by atoms with Gasteiger partial charge < -0.3 is 30.2 Å². The van der Waals surface area contributed by atoms with Crippen LogP contribution in [0.5, 0.6) is 0 Å². The molecule has 0 rings (SSSR count). The van der Waals surface area contributed by atoms with E-state index in [9.17, 15) is 0 Å². The van der Waals surface area contributed by atoms with Crippen LogP contribution in [0.15, 0.2) is 0 Å². The minimum Gasteiger partial charge on any atom is -0.318 e. The van der Waals surface area contributed by atoms with Crippen molar-refractivity contribution in [2.45, 2.75) is 0 Å². The second-order valence-electron chi connectivity index (χ2n) is 6.57. The summed E-state index contributed by atoms with van der Waals surface area (Å²) in [6.07, 6.45) is 0. The SMILES string of the molecule is CNCCNCCN(C)CCN(C)CCN(C)CCN(C)C. The molecule has 0 aromatic carbocycles. The summed E-state index contributed by atoms with van der Waals surface area (Å²) in [5.74, 6) is 0. The summed E-state index contributed by atoms with van der Waals surface area (Å²) in [5, 5.41) is 6.58. The number of likely N-dealkylation sites (N-methyl/N-ethyl adjacent to an activating group) is 5.